The molecule has 15 heavy (non-hydrogen) atoms. The SMILES string of the molecule is Cc1cccc(C(C)C)c1NC(=O)CS. The van der Waals surface area contributed by atoms with Gasteiger partial charge in [0.15, 0.2) is 0 Å². The third-order valence-electron chi connectivity index (χ3n) is 2.34. The van der Waals surface area contributed by atoms with Crippen LogP contribution in [0.25, 0.3) is 0 Å². The number of carbonyl (C=O) groups excluding carboxylic acids is 1. The quantitative estimate of drug-likeness (QED) is 0.758. The fraction of sp³-hybridized carbons (Fsp3) is 0.417. The molecular weight excluding hydrogens is 206 g/mol. The van der Waals surface area contributed by atoms with Crippen LogP contribution in [0.2, 0.25) is 0 Å². The zero-order valence-electron chi connectivity index (χ0n) is 9.37. The van der Waals surface area contributed by atoms with Crippen LogP contribution in [0.3, 0.4) is 0 Å². The molecule has 2 nitrogen and oxygen atoms in total. The molecule has 0 aliphatic rings. The van der Waals surface area contributed by atoms with E-state index >= 15 is 0 Å². The van der Waals surface area contributed by atoms with E-state index in [0.717, 1.165) is 11.3 Å². The van der Waals surface area contributed by atoms with Crippen LogP contribution >= 0.6 is 12.6 Å². The third-order valence-corrected chi connectivity index (χ3v) is 2.62. The second kappa shape index (κ2) is 5.21. The zero-order chi connectivity index (χ0) is 11.4. The highest BCUT2D eigenvalue weighted by Crippen LogP contribution is 2.27. The summed E-state index contributed by atoms with van der Waals surface area (Å²) in [6, 6.07) is 6.06. The van der Waals surface area contributed by atoms with Gasteiger partial charge in [-0.15, -0.1) is 0 Å². The summed E-state index contributed by atoms with van der Waals surface area (Å²) in [4.78, 5) is 11.3. The summed E-state index contributed by atoms with van der Waals surface area (Å²) in [6.07, 6.45) is 0. The molecule has 0 atom stereocenters. The Hall–Kier alpha value is -0.960. The van der Waals surface area contributed by atoms with Crippen molar-refractivity contribution in [3.05, 3.63) is 29.3 Å². The van der Waals surface area contributed by atoms with E-state index in [1.54, 1.807) is 0 Å². The van der Waals surface area contributed by atoms with Crippen molar-refractivity contribution in [1.29, 1.82) is 0 Å². The number of rotatable bonds is 3. The van der Waals surface area contributed by atoms with Crippen LogP contribution in [0.4, 0.5) is 5.69 Å². The number of amides is 1. The lowest BCUT2D eigenvalue weighted by molar-refractivity contribution is -0.113. The van der Waals surface area contributed by atoms with Crippen LogP contribution in [-0.4, -0.2) is 11.7 Å². The Labute approximate surface area is 96.5 Å². The van der Waals surface area contributed by atoms with Gasteiger partial charge in [-0.05, 0) is 24.0 Å². The van der Waals surface area contributed by atoms with Crippen LogP contribution in [0, 0.1) is 6.92 Å². The molecule has 1 aromatic rings. The monoisotopic (exact) mass is 223 g/mol. The van der Waals surface area contributed by atoms with Crippen LogP contribution in [0.15, 0.2) is 18.2 Å². The first-order valence-electron chi connectivity index (χ1n) is 5.06. The molecule has 0 spiro atoms. The van der Waals surface area contributed by atoms with Gasteiger partial charge in [0, 0.05) is 5.69 Å². The van der Waals surface area contributed by atoms with E-state index < -0.39 is 0 Å². The third kappa shape index (κ3) is 2.99. The number of thiol groups is 1. The Bertz CT molecular complexity index is 361. The van der Waals surface area contributed by atoms with E-state index in [1.165, 1.54) is 5.56 Å². The van der Waals surface area contributed by atoms with E-state index in [1.807, 2.05) is 25.1 Å². The average Bonchev–Trinajstić information content (AvgIpc) is 2.20. The average molecular weight is 223 g/mol. The standard InChI is InChI=1S/C12H17NOS/c1-8(2)10-6-4-5-9(3)12(10)13-11(14)7-15/h4-6,8,15H,7H2,1-3H3,(H,13,14). The van der Waals surface area contributed by atoms with Gasteiger partial charge in [0.25, 0.3) is 0 Å². The first kappa shape index (κ1) is 12.1. The predicted octanol–water partition coefficient (Wildman–Crippen LogP) is 2.99. The maximum Gasteiger partial charge on any atom is 0.234 e. The molecule has 0 aromatic heterocycles. The number of anilines is 1. The first-order valence-corrected chi connectivity index (χ1v) is 5.69. The molecule has 82 valence electrons. The molecule has 0 fully saturated rings. The van der Waals surface area contributed by atoms with Crippen molar-refractivity contribution in [2.45, 2.75) is 26.7 Å². The van der Waals surface area contributed by atoms with E-state index in [9.17, 15) is 4.79 Å². The number of benzene rings is 1. The molecular formula is C12H17NOS. The summed E-state index contributed by atoms with van der Waals surface area (Å²) in [5.41, 5.74) is 3.20. The van der Waals surface area contributed by atoms with Gasteiger partial charge in [-0.2, -0.15) is 12.6 Å². The summed E-state index contributed by atoms with van der Waals surface area (Å²) >= 11 is 3.95. The number of carbonyl (C=O) groups is 1. The van der Waals surface area contributed by atoms with Gasteiger partial charge in [-0.3, -0.25) is 4.79 Å². The fourth-order valence-electron chi connectivity index (χ4n) is 1.52. The summed E-state index contributed by atoms with van der Waals surface area (Å²) in [6.45, 7) is 6.23. The van der Waals surface area contributed by atoms with Gasteiger partial charge in [0.2, 0.25) is 5.91 Å². The molecule has 1 N–H and O–H groups in total. The summed E-state index contributed by atoms with van der Waals surface area (Å²) in [7, 11) is 0. The van der Waals surface area contributed by atoms with Gasteiger partial charge >= 0.3 is 0 Å². The number of hydrogen-bond donors (Lipinski definition) is 2. The molecule has 0 heterocycles. The molecule has 0 saturated carbocycles. The van der Waals surface area contributed by atoms with Crippen LogP contribution in [-0.2, 0) is 4.79 Å². The van der Waals surface area contributed by atoms with Crippen LogP contribution in [0.5, 0.6) is 0 Å². The van der Waals surface area contributed by atoms with Crippen LogP contribution < -0.4 is 5.32 Å². The molecule has 1 amide bonds. The van der Waals surface area contributed by atoms with Crippen molar-refractivity contribution < 1.29 is 4.79 Å². The van der Waals surface area contributed by atoms with Gasteiger partial charge < -0.3 is 5.32 Å². The van der Waals surface area contributed by atoms with Crippen molar-refractivity contribution in [3.63, 3.8) is 0 Å². The zero-order valence-corrected chi connectivity index (χ0v) is 10.3. The van der Waals surface area contributed by atoms with Gasteiger partial charge in [0.05, 0.1) is 5.75 Å². The minimum absolute atomic E-state index is 0.0606. The minimum Gasteiger partial charge on any atom is -0.325 e. The van der Waals surface area contributed by atoms with E-state index in [0.29, 0.717) is 5.92 Å². The van der Waals surface area contributed by atoms with Crippen LogP contribution in [0.1, 0.15) is 30.9 Å². The molecule has 0 radical (unpaired) electrons. The number of aryl methyl sites for hydroxylation is 1. The summed E-state index contributed by atoms with van der Waals surface area (Å²) < 4.78 is 0. The lowest BCUT2D eigenvalue weighted by Crippen LogP contribution is -2.15. The van der Waals surface area contributed by atoms with Gasteiger partial charge in [0.1, 0.15) is 0 Å². The van der Waals surface area contributed by atoms with E-state index in [-0.39, 0.29) is 11.7 Å². The molecule has 1 aromatic carbocycles. The predicted molar refractivity (Wildman–Crippen MR) is 67.8 cm³/mol. The maximum absolute atomic E-state index is 11.3. The number of nitrogens with one attached hydrogen (secondary N) is 1. The molecule has 0 saturated heterocycles. The van der Waals surface area contributed by atoms with Crippen molar-refractivity contribution in [2.75, 3.05) is 11.1 Å². The highest BCUT2D eigenvalue weighted by atomic mass is 32.1. The molecule has 0 aliphatic heterocycles. The molecule has 1 rings (SSSR count). The lowest BCUT2D eigenvalue weighted by Gasteiger charge is -2.15. The van der Waals surface area contributed by atoms with E-state index in [2.05, 4.69) is 31.8 Å². The molecule has 0 aliphatic carbocycles. The highest BCUT2D eigenvalue weighted by Gasteiger charge is 2.10. The Morgan fingerprint density at radius 1 is 1.47 bits per heavy atom. The minimum atomic E-state index is -0.0606. The first-order chi connectivity index (χ1) is 7.06. The molecule has 0 bridgehead atoms. The van der Waals surface area contributed by atoms with Gasteiger partial charge in [-0.25, -0.2) is 0 Å². The molecule has 3 heteroatoms. The van der Waals surface area contributed by atoms with Crippen molar-refractivity contribution in [3.8, 4) is 0 Å². The van der Waals surface area contributed by atoms with Crippen molar-refractivity contribution in [2.24, 2.45) is 0 Å². The highest BCUT2D eigenvalue weighted by molar-refractivity contribution is 7.81. The van der Waals surface area contributed by atoms with Crippen molar-refractivity contribution >= 4 is 24.2 Å². The smallest absolute Gasteiger partial charge is 0.234 e. The topological polar surface area (TPSA) is 29.1 Å². The number of hydrogen-bond acceptors (Lipinski definition) is 2. The number of para-hydroxylation sites is 1. The second-order valence-corrected chi connectivity index (χ2v) is 4.22. The fourth-order valence-corrected chi connectivity index (χ4v) is 1.60. The Morgan fingerprint density at radius 3 is 2.67 bits per heavy atom. The maximum atomic E-state index is 11.3. The Morgan fingerprint density at radius 2 is 2.13 bits per heavy atom. The van der Waals surface area contributed by atoms with Crippen molar-refractivity contribution in [1.82, 2.24) is 0 Å². The summed E-state index contributed by atoms with van der Waals surface area (Å²) in [5, 5.41) is 2.89. The normalized spacial score (nSPS) is 10.5. The Kier molecular flexibility index (Phi) is 4.21. The van der Waals surface area contributed by atoms with E-state index in [4.69, 9.17) is 0 Å². The second-order valence-electron chi connectivity index (χ2n) is 3.90. The summed E-state index contributed by atoms with van der Waals surface area (Å²) in [5.74, 6) is 0.556. The Balaban J connectivity index is 3.07. The lowest BCUT2D eigenvalue weighted by atomic mass is 9.98. The molecule has 0 unspecified atom stereocenters. The largest absolute Gasteiger partial charge is 0.325 e. The van der Waals surface area contributed by atoms with Gasteiger partial charge in [-0.1, -0.05) is 32.0 Å².